The summed E-state index contributed by atoms with van der Waals surface area (Å²) in [6.07, 6.45) is 4.19. The molecule has 1 aliphatic carbocycles. The molecule has 3 aromatic carbocycles. The molecule has 4 N–H and O–H groups in total. The monoisotopic (exact) mass is 457 g/mol. The van der Waals surface area contributed by atoms with Gasteiger partial charge in [0, 0.05) is 5.69 Å². The van der Waals surface area contributed by atoms with Crippen molar-refractivity contribution in [3.8, 4) is 5.75 Å². The van der Waals surface area contributed by atoms with E-state index in [4.69, 9.17) is 15.9 Å². The van der Waals surface area contributed by atoms with Crippen molar-refractivity contribution in [2.75, 3.05) is 5.73 Å². The molecule has 1 unspecified atom stereocenters. The SMILES string of the molecule is Cc1cc2c(cc1/C=C/c1ccc(C(=O)O)cc1)C(C)(C)C(C)C2(C)C.Nc1ccc(O)cc1. The largest absolute Gasteiger partial charge is 0.508 e. The number of carboxylic acids is 1. The highest BCUT2D eigenvalue weighted by molar-refractivity contribution is 5.88. The molecule has 0 fully saturated rings. The van der Waals surface area contributed by atoms with Crippen molar-refractivity contribution in [2.24, 2.45) is 5.92 Å². The minimum absolute atomic E-state index is 0.151. The summed E-state index contributed by atoms with van der Waals surface area (Å²) < 4.78 is 0. The van der Waals surface area contributed by atoms with Crippen LogP contribution in [0.4, 0.5) is 5.69 Å². The maximum atomic E-state index is 11.0. The van der Waals surface area contributed by atoms with Crippen LogP contribution in [0.15, 0.2) is 60.7 Å². The van der Waals surface area contributed by atoms with Crippen LogP contribution < -0.4 is 5.73 Å². The molecule has 4 nitrogen and oxygen atoms in total. The van der Waals surface area contributed by atoms with Gasteiger partial charge >= 0.3 is 5.97 Å². The average molecular weight is 458 g/mol. The van der Waals surface area contributed by atoms with Crippen molar-refractivity contribution < 1.29 is 15.0 Å². The Kier molecular flexibility index (Phi) is 6.92. The van der Waals surface area contributed by atoms with Crippen molar-refractivity contribution in [3.63, 3.8) is 0 Å². The average Bonchev–Trinajstić information content (AvgIpc) is 2.92. The van der Waals surface area contributed by atoms with E-state index in [1.807, 2.05) is 12.1 Å². The van der Waals surface area contributed by atoms with Crippen LogP contribution in [0, 0.1) is 12.8 Å². The van der Waals surface area contributed by atoms with Crippen molar-refractivity contribution in [3.05, 3.63) is 94.0 Å². The Morgan fingerprint density at radius 1 is 0.882 bits per heavy atom. The minimum Gasteiger partial charge on any atom is -0.508 e. The molecule has 3 aromatic rings. The molecule has 0 bridgehead atoms. The summed E-state index contributed by atoms with van der Waals surface area (Å²) in [5.41, 5.74) is 13.0. The molecule has 4 rings (SSSR count). The van der Waals surface area contributed by atoms with Crippen molar-refractivity contribution >= 4 is 23.8 Å². The number of aromatic hydroxyl groups is 1. The summed E-state index contributed by atoms with van der Waals surface area (Å²) >= 11 is 0. The summed E-state index contributed by atoms with van der Waals surface area (Å²) in [5, 5.41) is 17.7. The number of fused-ring (bicyclic) bond motifs is 1. The van der Waals surface area contributed by atoms with E-state index in [1.165, 1.54) is 22.3 Å². The van der Waals surface area contributed by atoms with Crippen LogP contribution in [0.2, 0.25) is 0 Å². The van der Waals surface area contributed by atoms with Gasteiger partial charge in [0.25, 0.3) is 0 Å². The van der Waals surface area contributed by atoms with E-state index < -0.39 is 5.97 Å². The van der Waals surface area contributed by atoms with Gasteiger partial charge in [-0.05, 0) is 87.9 Å². The molecule has 0 amide bonds. The van der Waals surface area contributed by atoms with E-state index >= 15 is 0 Å². The van der Waals surface area contributed by atoms with E-state index in [2.05, 4.69) is 65.8 Å². The predicted molar refractivity (Wildman–Crippen MR) is 141 cm³/mol. The summed E-state index contributed by atoms with van der Waals surface area (Å²) in [6, 6.07) is 18.1. The molecular formula is C30H35NO3. The molecule has 1 atom stereocenters. The van der Waals surface area contributed by atoms with Gasteiger partial charge in [-0.1, -0.05) is 71.0 Å². The van der Waals surface area contributed by atoms with Gasteiger partial charge in [-0.3, -0.25) is 0 Å². The Hall–Kier alpha value is -3.53. The number of aryl methyl sites for hydroxylation is 1. The van der Waals surface area contributed by atoms with Crippen molar-refractivity contribution in [1.82, 2.24) is 0 Å². The fourth-order valence-corrected chi connectivity index (χ4v) is 4.74. The summed E-state index contributed by atoms with van der Waals surface area (Å²) in [6.45, 7) is 13.9. The van der Waals surface area contributed by atoms with E-state index in [9.17, 15) is 4.79 Å². The molecule has 4 heteroatoms. The highest BCUT2D eigenvalue weighted by atomic mass is 16.4. The number of hydrogen-bond donors (Lipinski definition) is 3. The lowest BCUT2D eigenvalue weighted by atomic mass is 9.71. The standard InChI is InChI=1S/C24H28O2.C6H7NO/c1-15-13-20-21(24(5,6)16(2)23(20,3)4)14-19(15)12-9-17-7-10-18(11-8-17)22(25)26;7-5-1-3-6(8)4-2-5/h7-14,16H,1-6H3,(H,25,26);1-4,8H,7H2/b12-9+;. The first-order chi connectivity index (χ1) is 15.8. The molecule has 34 heavy (non-hydrogen) atoms. The zero-order chi connectivity index (χ0) is 25.3. The van der Waals surface area contributed by atoms with Gasteiger partial charge < -0.3 is 15.9 Å². The second-order valence-corrected chi connectivity index (χ2v) is 10.3. The fraction of sp³-hybridized carbons (Fsp3) is 0.300. The maximum absolute atomic E-state index is 11.0. The first-order valence-corrected chi connectivity index (χ1v) is 11.6. The molecule has 178 valence electrons. The van der Waals surface area contributed by atoms with Crippen LogP contribution in [-0.2, 0) is 10.8 Å². The number of phenols is 1. The van der Waals surface area contributed by atoms with Gasteiger partial charge in [0.05, 0.1) is 5.56 Å². The molecule has 0 radical (unpaired) electrons. The zero-order valence-corrected chi connectivity index (χ0v) is 20.9. The number of anilines is 1. The van der Waals surface area contributed by atoms with Crippen LogP contribution in [0.3, 0.4) is 0 Å². The number of carbonyl (C=O) groups is 1. The van der Waals surface area contributed by atoms with Crippen LogP contribution in [0.1, 0.15) is 72.8 Å². The fourth-order valence-electron chi connectivity index (χ4n) is 4.74. The lowest BCUT2D eigenvalue weighted by molar-refractivity contribution is 0.0697. The summed E-state index contributed by atoms with van der Waals surface area (Å²) in [7, 11) is 0. The van der Waals surface area contributed by atoms with Crippen LogP contribution in [-0.4, -0.2) is 16.2 Å². The number of rotatable bonds is 3. The predicted octanol–water partition coefficient (Wildman–Crippen LogP) is 7.04. The third-order valence-corrected chi connectivity index (χ3v) is 7.47. The van der Waals surface area contributed by atoms with Crippen LogP contribution >= 0.6 is 0 Å². The van der Waals surface area contributed by atoms with Gasteiger partial charge in [-0.25, -0.2) is 4.79 Å². The molecule has 0 heterocycles. The number of phenolic OH excluding ortho intramolecular Hbond substituents is 1. The second-order valence-electron chi connectivity index (χ2n) is 10.3. The van der Waals surface area contributed by atoms with Gasteiger partial charge in [-0.2, -0.15) is 0 Å². The number of nitrogens with two attached hydrogens (primary N) is 1. The number of aromatic carboxylic acids is 1. The minimum atomic E-state index is -0.894. The molecule has 0 saturated carbocycles. The molecule has 1 aliphatic rings. The Balaban J connectivity index is 0.000000343. The lowest BCUT2D eigenvalue weighted by Crippen LogP contribution is -2.30. The number of benzene rings is 3. The smallest absolute Gasteiger partial charge is 0.335 e. The van der Waals surface area contributed by atoms with Gasteiger partial charge in [0.2, 0.25) is 0 Å². The topological polar surface area (TPSA) is 83.5 Å². The Morgan fingerprint density at radius 2 is 1.41 bits per heavy atom. The quantitative estimate of drug-likeness (QED) is 0.224. The van der Waals surface area contributed by atoms with E-state index in [0.717, 1.165) is 5.56 Å². The van der Waals surface area contributed by atoms with E-state index in [0.29, 0.717) is 17.2 Å². The molecular weight excluding hydrogens is 422 g/mol. The molecule has 0 aromatic heterocycles. The number of nitrogen functional groups attached to an aromatic ring is 1. The number of hydrogen-bond acceptors (Lipinski definition) is 3. The Labute approximate surface area is 202 Å². The first-order valence-electron chi connectivity index (χ1n) is 11.6. The van der Waals surface area contributed by atoms with Crippen LogP contribution in [0.5, 0.6) is 5.75 Å². The van der Waals surface area contributed by atoms with Gasteiger partial charge in [0.15, 0.2) is 0 Å². The first kappa shape index (κ1) is 25.1. The van der Waals surface area contributed by atoms with E-state index in [-0.39, 0.29) is 16.6 Å². The normalized spacial score (nSPS) is 17.6. The summed E-state index contributed by atoms with van der Waals surface area (Å²) in [4.78, 5) is 11.0. The highest BCUT2D eigenvalue weighted by Crippen LogP contribution is 2.54. The van der Waals surface area contributed by atoms with Crippen molar-refractivity contribution in [1.29, 1.82) is 0 Å². The van der Waals surface area contributed by atoms with Gasteiger partial charge in [0.1, 0.15) is 5.75 Å². The molecule has 0 aliphatic heterocycles. The maximum Gasteiger partial charge on any atom is 0.335 e. The molecule has 0 spiro atoms. The van der Waals surface area contributed by atoms with Crippen molar-refractivity contribution in [2.45, 2.75) is 52.4 Å². The second kappa shape index (κ2) is 9.38. The zero-order valence-electron chi connectivity index (χ0n) is 20.9. The third kappa shape index (κ3) is 5.01. The summed E-state index contributed by atoms with van der Waals surface area (Å²) in [5.74, 6) is -0.0691. The lowest BCUT2D eigenvalue weighted by Gasteiger charge is -2.32. The Bertz CT molecular complexity index is 1180. The van der Waals surface area contributed by atoms with E-state index in [1.54, 1.807) is 36.4 Å². The number of carboxylic acid groups (broad SMARTS) is 1. The van der Waals surface area contributed by atoms with Crippen LogP contribution in [0.25, 0.3) is 12.2 Å². The third-order valence-electron chi connectivity index (χ3n) is 7.47. The van der Waals surface area contributed by atoms with Gasteiger partial charge in [-0.15, -0.1) is 0 Å². The molecule has 0 saturated heterocycles. The Morgan fingerprint density at radius 3 is 1.91 bits per heavy atom. The highest BCUT2D eigenvalue weighted by Gasteiger charge is 2.48.